The maximum absolute atomic E-state index is 12.6. The summed E-state index contributed by atoms with van der Waals surface area (Å²) in [5, 5.41) is 3.17. The molecule has 3 nitrogen and oxygen atoms in total. The zero-order valence-corrected chi connectivity index (χ0v) is 24.8. The molecule has 0 aliphatic heterocycles. The fourth-order valence-corrected chi connectivity index (χ4v) is 10.4. The molecule has 1 amide bonds. The molecular weight excluding hydrogens is 454 g/mol. The van der Waals surface area contributed by atoms with E-state index < -0.39 is 0 Å². The number of rotatable bonds is 7. The van der Waals surface area contributed by atoms with Crippen LogP contribution in [0.2, 0.25) is 0 Å². The van der Waals surface area contributed by atoms with Crippen molar-refractivity contribution in [1.29, 1.82) is 0 Å². The van der Waals surface area contributed by atoms with E-state index in [9.17, 15) is 4.79 Å². The fraction of sp³-hybridized carbons (Fsp3) is 0.912. The first-order valence-corrected chi connectivity index (χ1v) is 16.4. The molecule has 0 radical (unpaired) electrons. The van der Waals surface area contributed by atoms with Gasteiger partial charge in [0.2, 0.25) is 0 Å². The fourth-order valence-electron chi connectivity index (χ4n) is 10.4. The Kier molecular flexibility index (Phi) is 8.38. The van der Waals surface area contributed by atoms with Gasteiger partial charge in [0.05, 0.1) is 0 Å². The van der Waals surface area contributed by atoms with E-state index >= 15 is 0 Å². The molecule has 37 heavy (non-hydrogen) atoms. The van der Waals surface area contributed by atoms with Crippen molar-refractivity contribution >= 4 is 6.09 Å². The molecule has 5 rings (SSSR count). The number of carbonyl (C=O) groups is 1. The number of amides is 1. The maximum Gasteiger partial charge on any atom is 0.407 e. The largest absolute Gasteiger partial charge is 0.446 e. The molecule has 4 saturated carbocycles. The van der Waals surface area contributed by atoms with Crippen LogP contribution >= 0.6 is 0 Å². The van der Waals surface area contributed by atoms with Crippen LogP contribution in [-0.2, 0) is 4.74 Å². The normalized spacial score (nSPS) is 40.8. The second-order valence-corrected chi connectivity index (χ2v) is 15.0. The Balaban J connectivity index is 1.20. The first-order chi connectivity index (χ1) is 17.7. The third-order valence-electron chi connectivity index (χ3n) is 12.5. The van der Waals surface area contributed by atoms with Crippen LogP contribution in [0.15, 0.2) is 11.6 Å². The minimum atomic E-state index is -0.164. The number of allylic oxidation sites excluding steroid dienone is 1. The quantitative estimate of drug-likeness (QED) is 0.346. The molecule has 5 aliphatic rings. The summed E-state index contributed by atoms with van der Waals surface area (Å²) in [5.74, 6) is 5.25. The Morgan fingerprint density at radius 3 is 2.51 bits per heavy atom. The Hall–Kier alpha value is -0.990. The summed E-state index contributed by atoms with van der Waals surface area (Å²) in [7, 11) is 0. The Morgan fingerprint density at radius 1 is 0.973 bits per heavy atom. The standard InChI is InChI=1S/C34H57NO2/c1-23(2)10-9-11-24(3)29-16-17-30-28-15-14-25-22-27(37-32(36)35-26-12-7-6-8-13-26)18-20-33(25,4)31(28)19-21-34(29,30)5/h14,23-24,26-31H,6-13,15-22H2,1-5H3,(H,35,36)/t24-,27+,28+,29-,30+,31+,33+,34-/m1/s1. The van der Waals surface area contributed by atoms with Crippen LogP contribution in [0.4, 0.5) is 4.79 Å². The lowest BCUT2D eigenvalue weighted by Crippen LogP contribution is -2.51. The summed E-state index contributed by atoms with van der Waals surface area (Å²) in [6.45, 7) is 12.6. The Bertz CT molecular complexity index is 828. The number of ether oxygens (including phenoxy) is 1. The molecule has 4 fully saturated rings. The monoisotopic (exact) mass is 511 g/mol. The number of alkyl carbamates (subject to hydrolysis) is 1. The number of carbonyl (C=O) groups excluding carboxylic acids is 1. The van der Waals surface area contributed by atoms with E-state index in [1.54, 1.807) is 5.57 Å². The SMILES string of the molecule is CC(C)CCC[C@@H](C)[C@H]1CC[C@H]2[C@@H]3CC=C4C[C@@H](OC(=O)NC5CCCCC5)CC[C@]4(C)[C@H]3CC[C@]12C. The van der Waals surface area contributed by atoms with E-state index in [0.717, 1.165) is 61.2 Å². The van der Waals surface area contributed by atoms with Crippen molar-refractivity contribution in [3.05, 3.63) is 11.6 Å². The van der Waals surface area contributed by atoms with Gasteiger partial charge in [0, 0.05) is 12.5 Å². The summed E-state index contributed by atoms with van der Waals surface area (Å²) < 4.78 is 6.01. The predicted octanol–water partition coefficient (Wildman–Crippen LogP) is 9.46. The maximum atomic E-state index is 12.6. The van der Waals surface area contributed by atoms with E-state index in [-0.39, 0.29) is 12.2 Å². The lowest BCUT2D eigenvalue weighted by molar-refractivity contribution is -0.0582. The summed E-state index contributed by atoms with van der Waals surface area (Å²) in [5.41, 5.74) is 2.50. The lowest BCUT2D eigenvalue weighted by atomic mass is 9.47. The third kappa shape index (κ3) is 5.54. The second-order valence-electron chi connectivity index (χ2n) is 15.0. The van der Waals surface area contributed by atoms with Gasteiger partial charge in [0.25, 0.3) is 0 Å². The molecule has 5 aliphatic carbocycles. The average molecular weight is 512 g/mol. The highest BCUT2D eigenvalue weighted by molar-refractivity contribution is 5.67. The summed E-state index contributed by atoms with van der Waals surface area (Å²) in [6.07, 6.45) is 23.0. The summed E-state index contributed by atoms with van der Waals surface area (Å²) in [6, 6.07) is 0.328. The minimum Gasteiger partial charge on any atom is -0.446 e. The van der Waals surface area contributed by atoms with Crippen LogP contribution in [0.5, 0.6) is 0 Å². The zero-order chi connectivity index (χ0) is 26.2. The molecule has 3 heteroatoms. The second kappa shape index (κ2) is 11.2. The third-order valence-corrected chi connectivity index (χ3v) is 12.5. The van der Waals surface area contributed by atoms with Crippen LogP contribution in [0.1, 0.15) is 137 Å². The van der Waals surface area contributed by atoms with E-state index in [1.165, 1.54) is 77.0 Å². The lowest BCUT2D eigenvalue weighted by Gasteiger charge is -2.58. The molecule has 0 aromatic rings. The molecule has 0 saturated heterocycles. The molecule has 1 N–H and O–H groups in total. The first-order valence-electron chi connectivity index (χ1n) is 16.4. The van der Waals surface area contributed by atoms with E-state index in [4.69, 9.17) is 4.74 Å². The number of hydrogen-bond donors (Lipinski definition) is 1. The zero-order valence-electron chi connectivity index (χ0n) is 24.8. The van der Waals surface area contributed by atoms with Gasteiger partial charge >= 0.3 is 6.09 Å². The predicted molar refractivity (Wildman–Crippen MR) is 153 cm³/mol. The molecule has 8 atom stereocenters. The smallest absolute Gasteiger partial charge is 0.407 e. The van der Waals surface area contributed by atoms with Crippen molar-refractivity contribution in [3.8, 4) is 0 Å². The molecule has 0 bridgehead atoms. The van der Waals surface area contributed by atoms with E-state index in [0.29, 0.717) is 16.9 Å². The number of nitrogens with one attached hydrogen (secondary N) is 1. The van der Waals surface area contributed by atoms with E-state index in [1.807, 2.05) is 0 Å². The van der Waals surface area contributed by atoms with Gasteiger partial charge in [-0.05, 0) is 104 Å². The van der Waals surface area contributed by atoms with E-state index in [2.05, 4.69) is 46.0 Å². The van der Waals surface area contributed by atoms with Crippen molar-refractivity contribution in [2.75, 3.05) is 0 Å². The van der Waals surface area contributed by atoms with Gasteiger partial charge in [-0.1, -0.05) is 84.8 Å². The topological polar surface area (TPSA) is 38.3 Å². The molecule has 0 unspecified atom stereocenters. The average Bonchev–Trinajstić information content (AvgIpc) is 3.22. The number of fused-ring (bicyclic) bond motifs is 5. The van der Waals surface area contributed by atoms with Crippen LogP contribution in [0, 0.1) is 46.3 Å². The van der Waals surface area contributed by atoms with Crippen molar-refractivity contribution < 1.29 is 9.53 Å². The first kappa shape index (κ1) is 27.6. The van der Waals surface area contributed by atoms with Crippen molar-refractivity contribution in [1.82, 2.24) is 5.32 Å². The molecular formula is C34H57NO2. The van der Waals surface area contributed by atoms with Crippen LogP contribution < -0.4 is 5.32 Å². The Labute approximate surface area is 228 Å². The van der Waals surface area contributed by atoms with Crippen LogP contribution in [0.25, 0.3) is 0 Å². The summed E-state index contributed by atoms with van der Waals surface area (Å²) in [4.78, 5) is 12.6. The van der Waals surface area contributed by atoms with Gasteiger partial charge in [-0.3, -0.25) is 0 Å². The van der Waals surface area contributed by atoms with Gasteiger partial charge in [-0.15, -0.1) is 0 Å². The minimum absolute atomic E-state index is 0.0656. The molecule has 0 aromatic heterocycles. The van der Waals surface area contributed by atoms with Gasteiger partial charge in [-0.2, -0.15) is 0 Å². The van der Waals surface area contributed by atoms with Crippen LogP contribution in [-0.4, -0.2) is 18.2 Å². The number of hydrogen-bond acceptors (Lipinski definition) is 2. The highest BCUT2D eigenvalue weighted by Gasteiger charge is 2.59. The highest BCUT2D eigenvalue weighted by atomic mass is 16.6. The van der Waals surface area contributed by atoms with Gasteiger partial charge < -0.3 is 10.1 Å². The Morgan fingerprint density at radius 2 is 1.76 bits per heavy atom. The molecule has 210 valence electrons. The summed E-state index contributed by atoms with van der Waals surface area (Å²) >= 11 is 0. The van der Waals surface area contributed by atoms with Gasteiger partial charge in [0.15, 0.2) is 0 Å². The van der Waals surface area contributed by atoms with Crippen LogP contribution in [0.3, 0.4) is 0 Å². The van der Waals surface area contributed by atoms with Crippen molar-refractivity contribution in [2.45, 2.75) is 149 Å². The highest BCUT2D eigenvalue weighted by Crippen LogP contribution is 2.67. The van der Waals surface area contributed by atoms with Crippen molar-refractivity contribution in [3.63, 3.8) is 0 Å². The molecule has 0 heterocycles. The van der Waals surface area contributed by atoms with Gasteiger partial charge in [0.1, 0.15) is 6.10 Å². The molecule has 0 spiro atoms. The van der Waals surface area contributed by atoms with Crippen molar-refractivity contribution in [2.24, 2.45) is 46.3 Å². The van der Waals surface area contributed by atoms with Gasteiger partial charge in [-0.25, -0.2) is 4.79 Å². The molecule has 0 aromatic carbocycles.